The van der Waals surface area contributed by atoms with Crippen molar-refractivity contribution in [1.29, 1.82) is 0 Å². The molecule has 30 heavy (non-hydrogen) atoms. The maximum absolute atomic E-state index is 12.2. The smallest absolute Gasteiger partial charge is 0.313 e. The molecule has 1 aromatic heterocycles. The largest absolute Gasteiger partial charge is 0.387 e. The summed E-state index contributed by atoms with van der Waals surface area (Å²) >= 11 is 0. The van der Waals surface area contributed by atoms with Crippen molar-refractivity contribution >= 4 is 33.2 Å². The van der Waals surface area contributed by atoms with Crippen LogP contribution in [0.5, 0.6) is 0 Å². The molecule has 2 heterocycles. The topological polar surface area (TPSA) is 121 Å². The van der Waals surface area contributed by atoms with Gasteiger partial charge in [-0.15, -0.1) is 0 Å². The van der Waals surface area contributed by atoms with E-state index in [2.05, 4.69) is 10.6 Å². The average molecular weight is 435 g/mol. The fourth-order valence-corrected chi connectivity index (χ4v) is 4.51. The number of nitrogens with zero attached hydrogens (tertiary/aromatic N) is 2. The van der Waals surface area contributed by atoms with Crippen molar-refractivity contribution in [2.75, 3.05) is 29.0 Å². The van der Waals surface area contributed by atoms with Crippen LogP contribution in [0.1, 0.15) is 30.2 Å². The molecular weight excluding hydrogens is 408 g/mol. The van der Waals surface area contributed by atoms with Crippen molar-refractivity contribution in [2.24, 2.45) is 7.05 Å². The standard InChI is InChI=1S/C20H26N4O5S/c1-23-11-4-6-16(23)18(25)9-10-21-19(26)20(27)22-15-8-7-14-5-3-12-24(17(14)13-15)30(2,28)29/h4,6-8,11,13,18,25H,3,5,9-10,12H2,1-2H3,(H,21,26)(H,22,27). The Morgan fingerprint density at radius 3 is 2.67 bits per heavy atom. The van der Waals surface area contributed by atoms with Gasteiger partial charge in [0.05, 0.1) is 18.0 Å². The first-order valence-corrected chi connectivity index (χ1v) is 11.5. The third kappa shape index (κ3) is 5.00. The summed E-state index contributed by atoms with van der Waals surface area (Å²) in [6.45, 7) is 0.512. The number of carbonyl (C=O) groups is 2. The van der Waals surface area contributed by atoms with Gasteiger partial charge in [-0.3, -0.25) is 13.9 Å². The molecule has 3 rings (SSSR count). The minimum atomic E-state index is -3.43. The number of amides is 2. The number of benzene rings is 1. The number of fused-ring (bicyclic) bond motifs is 1. The number of aliphatic hydroxyl groups excluding tert-OH is 1. The molecular formula is C20H26N4O5S. The maximum atomic E-state index is 12.2. The van der Waals surface area contributed by atoms with Crippen LogP contribution < -0.4 is 14.9 Å². The van der Waals surface area contributed by atoms with Crippen molar-refractivity contribution < 1.29 is 23.1 Å². The summed E-state index contributed by atoms with van der Waals surface area (Å²) in [4.78, 5) is 24.3. The molecule has 2 aromatic rings. The van der Waals surface area contributed by atoms with Crippen molar-refractivity contribution in [1.82, 2.24) is 9.88 Å². The Balaban J connectivity index is 1.58. The number of hydrogen-bond donors (Lipinski definition) is 3. The van der Waals surface area contributed by atoms with Crippen LogP contribution in [-0.2, 0) is 33.1 Å². The van der Waals surface area contributed by atoms with E-state index < -0.39 is 27.9 Å². The third-order valence-corrected chi connectivity index (χ3v) is 6.23. The molecule has 9 nitrogen and oxygen atoms in total. The summed E-state index contributed by atoms with van der Waals surface area (Å²) in [5.41, 5.74) is 2.46. The molecule has 0 radical (unpaired) electrons. The molecule has 0 saturated heterocycles. The lowest BCUT2D eigenvalue weighted by molar-refractivity contribution is -0.136. The number of aliphatic hydroxyl groups is 1. The van der Waals surface area contributed by atoms with Crippen LogP contribution in [0.4, 0.5) is 11.4 Å². The van der Waals surface area contributed by atoms with Crippen LogP contribution in [0, 0.1) is 0 Å². The van der Waals surface area contributed by atoms with Crippen molar-refractivity contribution in [3.8, 4) is 0 Å². The molecule has 10 heteroatoms. The van der Waals surface area contributed by atoms with Gasteiger partial charge >= 0.3 is 11.8 Å². The number of nitrogens with one attached hydrogen (secondary N) is 2. The van der Waals surface area contributed by atoms with Crippen LogP contribution in [0.3, 0.4) is 0 Å². The zero-order valence-corrected chi connectivity index (χ0v) is 17.8. The zero-order chi connectivity index (χ0) is 21.9. The Labute approximate surface area is 175 Å². The van der Waals surface area contributed by atoms with Gasteiger partial charge in [0.15, 0.2) is 0 Å². The Hall–Kier alpha value is -2.85. The molecule has 0 saturated carbocycles. The molecule has 0 fully saturated rings. The van der Waals surface area contributed by atoms with Crippen molar-refractivity contribution in [2.45, 2.75) is 25.4 Å². The van der Waals surface area contributed by atoms with Crippen molar-refractivity contribution in [3.63, 3.8) is 0 Å². The van der Waals surface area contributed by atoms with Gasteiger partial charge in [0.2, 0.25) is 10.0 Å². The normalized spacial score (nSPS) is 14.7. The fraction of sp³-hybridized carbons (Fsp3) is 0.400. The summed E-state index contributed by atoms with van der Waals surface area (Å²) in [6.07, 6.45) is 3.94. The van der Waals surface area contributed by atoms with Gasteiger partial charge in [-0.25, -0.2) is 8.42 Å². The number of rotatable bonds is 6. The molecule has 0 spiro atoms. The van der Waals surface area contributed by atoms with E-state index in [4.69, 9.17) is 0 Å². The summed E-state index contributed by atoms with van der Waals surface area (Å²) in [5, 5.41) is 15.1. The molecule has 1 aromatic carbocycles. The highest BCUT2D eigenvalue weighted by Gasteiger charge is 2.25. The first kappa shape index (κ1) is 21.8. The second-order valence-electron chi connectivity index (χ2n) is 7.34. The van der Waals surface area contributed by atoms with Gasteiger partial charge in [0.25, 0.3) is 0 Å². The number of hydrogen-bond acceptors (Lipinski definition) is 5. The quantitative estimate of drug-likeness (QED) is 0.584. The van der Waals surface area contributed by atoms with Crippen molar-refractivity contribution in [3.05, 3.63) is 47.8 Å². The number of anilines is 2. The molecule has 162 valence electrons. The minimum Gasteiger partial charge on any atom is -0.387 e. The molecule has 1 unspecified atom stereocenters. The molecule has 1 aliphatic rings. The van der Waals surface area contributed by atoms with E-state index in [1.807, 2.05) is 19.3 Å². The molecule has 0 bridgehead atoms. The second-order valence-corrected chi connectivity index (χ2v) is 9.25. The Bertz CT molecular complexity index is 1050. The number of aryl methyl sites for hydroxylation is 2. The van der Waals surface area contributed by atoms with Crippen LogP contribution in [0.15, 0.2) is 36.5 Å². The molecule has 1 atom stereocenters. The van der Waals surface area contributed by atoms with E-state index in [0.717, 1.165) is 30.4 Å². The van der Waals surface area contributed by atoms with Crippen LogP contribution >= 0.6 is 0 Å². The van der Waals surface area contributed by atoms with E-state index in [-0.39, 0.29) is 13.0 Å². The summed E-state index contributed by atoms with van der Waals surface area (Å²) in [6, 6.07) is 8.58. The fourth-order valence-electron chi connectivity index (χ4n) is 3.52. The first-order valence-electron chi connectivity index (χ1n) is 9.66. The molecule has 0 aliphatic carbocycles. The van der Waals surface area contributed by atoms with E-state index in [0.29, 0.717) is 17.9 Å². The Kier molecular flexibility index (Phi) is 6.47. The van der Waals surface area contributed by atoms with Gasteiger partial charge < -0.3 is 20.3 Å². The lowest BCUT2D eigenvalue weighted by atomic mass is 10.0. The van der Waals surface area contributed by atoms with E-state index in [9.17, 15) is 23.1 Å². The summed E-state index contributed by atoms with van der Waals surface area (Å²) in [7, 11) is -1.61. The third-order valence-electron chi connectivity index (χ3n) is 5.05. The van der Waals surface area contributed by atoms with Gasteiger partial charge in [-0.2, -0.15) is 0 Å². The van der Waals surface area contributed by atoms with E-state index in [1.54, 1.807) is 28.8 Å². The van der Waals surface area contributed by atoms with Gasteiger partial charge in [0.1, 0.15) is 0 Å². The van der Waals surface area contributed by atoms with Gasteiger partial charge in [0, 0.05) is 37.7 Å². The number of aromatic nitrogens is 1. The van der Waals surface area contributed by atoms with Crippen LogP contribution in [0.25, 0.3) is 0 Å². The van der Waals surface area contributed by atoms with E-state index in [1.165, 1.54) is 4.31 Å². The van der Waals surface area contributed by atoms with Gasteiger partial charge in [-0.05, 0) is 49.1 Å². The predicted molar refractivity (Wildman–Crippen MR) is 114 cm³/mol. The van der Waals surface area contributed by atoms with Crippen LogP contribution in [0.2, 0.25) is 0 Å². The molecule has 3 N–H and O–H groups in total. The van der Waals surface area contributed by atoms with E-state index >= 15 is 0 Å². The van der Waals surface area contributed by atoms with Crippen LogP contribution in [-0.4, -0.2) is 49.3 Å². The summed E-state index contributed by atoms with van der Waals surface area (Å²) in [5.74, 6) is -1.68. The lowest BCUT2D eigenvalue weighted by Gasteiger charge is -2.29. The van der Waals surface area contributed by atoms with Gasteiger partial charge in [-0.1, -0.05) is 6.07 Å². The Morgan fingerprint density at radius 1 is 1.23 bits per heavy atom. The highest BCUT2D eigenvalue weighted by Crippen LogP contribution is 2.31. The minimum absolute atomic E-state index is 0.130. The maximum Gasteiger partial charge on any atom is 0.313 e. The lowest BCUT2D eigenvalue weighted by Crippen LogP contribution is -2.37. The molecule has 1 aliphatic heterocycles. The number of carbonyl (C=O) groups excluding carboxylic acids is 2. The highest BCUT2D eigenvalue weighted by molar-refractivity contribution is 7.92. The monoisotopic (exact) mass is 434 g/mol. The molecule has 2 amide bonds. The SMILES string of the molecule is Cn1cccc1C(O)CCNC(=O)C(=O)Nc1ccc2c(c1)N(S(C)(=O)=O)CCC2. The number of sulfonamides is 1. The average Bonchev–Trinajstić information content (AvgIpc) is 3.12. The first-order chi connectivity index (χ1) is 14.2. The second kappa shape index (κ2) is 8.88. The Morgan fingerprint density at radius 2 is 2.00 bits per heavy atom. The zero-order valence-electron chi connectivity index (χ0n) is 17.0. The highest BCUT2D eigenvalue weighted by atomic mass is 32.2. The summed E-state index contributed by atoms with van der Waals surface area (Å²) < 4.78 is 27.1. The predicted octanol–water partition coefficient (Wildman–Crippen LogP) is 0.916.